The first-order valence-electron chi connectivity index (χ1n) is 6.80. The molecule has 0 N–H and O–H groups in total. The van der Waals surface area contributed by atoms with E-state index in [-0.39, 0.29) is 11.6 Å². The van der Waals surface area contributed by atoms with Crippen LogP contribution < -0.4 is 4.74 Å². The molecule has 0 fully saturated rings. The molecule has 0 saturated carbocycles. The van der Waals surface area contributed by atoms with Gasteiger partial charge in [0, 0.05) is 20.6 Å². The lowest BCUT2D eigenvalue weighted by Crippen LogP contribution is -2.07. The van der Waals surface area contributed by atoms with E-state index in [1.54, 1.807) is 36.4 Å². The molecule has 122 valence electrons. The fourth-order valence-corrected chi connectivity index (χ4v) is 2.84. The van der Waals surface area contributed by atoms with Gasteiger partial charge in [0.25, 0.3) is 0 Å². The van der Waals surface area contributed by atoms with Crippen molar-refractivity contribution in [3.8, 4) is 5.75 Å². The summed E-state index contributed by atoms with van der Waals surface area (Å²) in [6.45, 7) is 0. The number of benzene rings is 2. The molecule has 0 saturated heterocycles. The lowest BCUT2D eigenvalue weighted by atomic mass is 10.2. The molecule has 0 atom stereocenters. The van der Waals surface area contributed by atoms with Crippen LogP contribution in [0.3, 0.4) is 0 Å². The summed E-state index contributed by atoms with van der Waals surface area (Å²) in [7, 11) is 1.50. The number of rotatable bonds is 3. The molecule has 2 aromatic carbocycles. The van der Waals surface area contributed by atoms with Crippen LogP contribution in [0.4, 0.5) is 0 Å². The molecule has 0 spiro atoms. The van der Waals surface area contributed by atoms with Gasteiger partial charge in [-0.2, -0.15) is 0 Å². The maximum Gasteiger partial charge on any atom is 0.363 e. The van der Waals surface area contributed by atoms with E-state index in [9.17, 15) is 4.79 Å². The number of ether oxygens (including phenoxy) is 2. The second-order valence-electron chi connectivity index (χ2n) is 4.82. The molecule has 4 nitrogen and oxygen atoms in total. The molecule has 24 heavy (non-hydrogen) atoms. The van der Waals surface area contributed by atoms with Gasteiger partial charge < -0.3 is 9.47 Å². The molecule has 0 radical (unpaired) electrons. The van der Waals surface area contributed by atoms with Crippen LogP contribution in [0.15, 0.2) is 47.1 Å². The van der Waals surface area contributed by atoms with Crippen LogP contribution in [-0.4, -0.2) is 19.0 Å². The Bertz CT molecular complexity index is 870. The lowest BCUT2D eigenvalue weighted by molar-refractivity contribution is -0.129. The summed E-state index contributed by atoms with van der Waals surface area (Å²) in [5.74, 6) is -0.0141. The number of esters is 1. The number of hydrogen-bond acceptors (Lipinski definition) is 4. The molecule has 3 rings (SSSR count). The van der Waals surface area contributed by atoms with Gasteiger partial charge in [0.05, 0.1) is 12.7 Å². The average molecular weight is 383 g/mol. The number of methoxy groups -OCH3 is 1. The number of aliphatic imine (C=N–C) groups is 1. The Morgan fingerprint density at radius 1 is 1.12 bits per heavy atom. The summed E-state index contributed by atoms with van der Waals surface area (Å²) >= 11 is 18.2. The Kier molecular flexibility index (Phi) is 4.81. The second-order valence-corrected chi connectivity index (χ2v) is 6.07. The van der Waals surface area contributed by atoms with Crippen molar-refractivity contribution in [1.82, 2.24) is 0 Å². The molecule has 1 heterocycles. The molecule has 7 heteroatoms. The maximum atomic E-state index is 12.1. The van der Waals surface area contributed by atoms with Crippen molar-refractivity contribution < 1.29 is 14.3 Å². The van der Waals surface area contributed by atoms with Crippen molar-refractivity contribution in [3.63, 3.8) is 0 Å². The zero-order chi connectivity index (χ0) is 17.3. The van der Waals surface area contributed by atoms with Crippen molar-refractivity contribution in [2.24, 2.45) is 4.99 Å². The Labute approximate surface area is 153 Å². The van der Waals surface area contributed by atoms with Gasteiger partial charge in [0.15, 0.2) is 5.70 Å². The SMILES string of the molecule is COc1ccc(Cl)cc1C1=N/C(=C\c2c(Cl)cccc2Cl)C(=O)O1. The van der Waals surface area contributed by atoms with Crippen LogP contribution >= 0.6 is 34.8 Å². The van der Waals surface area contributed by atoms with Crippen LogP contribution in [0.2, 0.25) is 15.1 Å². The van der Waals surface area contributed by atoms with Crippen LogP contribution in [0, 0.1) is 0 Å². The molecule has 2 aromatic rings. The molecule has 0 amide bonds. The van der Waals surface area contributed by atoms with Gasteiger partial charge in [0.1, 0.15) is 5.75 Å². The average Bonchev–Trinajstić information content (AvgIpc) is 2.92. The fourth-order valence-electron chi connectivity index (χ4n) is 2.16. The van der Waals surface area contributed by atoms with Crippen molar-refractivity contribution >= 4 is 52.7 Å². The highest BCUT2D eigenvalue weighted by Crippen LogP contribution is 2.30. The third-order valence-electron chi connectivity index (χ3n) is 3.29. The number of halogens is 3. The predicted octanol–water partition coefficient (Wildman–Crippen LogP) is 5.00. The second kappa shape index (κ2) is 6.85. The molecule has 1 aliphatic heterocycles. The summed E-state index contributed by atoms with van der Waals surface area (Å²) in [6, 6.07) is 10.0. The molecule has 0 unspecified atom stereocenters. The topological polar surface area (TPSA) is 47.9 Å². The van der Waals surface area contributed by atoms with Crippen LogP contribution in [0.25, 0.3) is 6.08 Å². The molecule has 0 aromatic heterocycles. The summed E-state index contributed by atoms with van der Waals surface area (Å²) in [6.07, 6.45) is 1.48. The van der Waals surface area contributed by atoms with Gasteiger partial charge in [-0.05, 0) is 36.4 Å². The van der Waals surface area contributed by atoms with Crippen LogP contribution in [0.1, 0.15) is 11.1 Å². The fraction of sp³-hybridized carbons (Fsp3) is 0.0588. The Hall–Kier alpha value is -2.01. The molecule has 0 aliphatic carbocycles. The number of carbonyl (C=O) groups excluding carboxylic acids is 1. The third-order valence-corrected chi connectivity index (χ3v) is 4.19. The normalized spacial score (nSPS) is 15.4. The monoisotopic (exact) mass is 381 g/mol. The van der Waals surface area contributed by atoms with E-state index < -0.39 is 5.97 Å². The highest BCUT2D eigenvalue weighted by molar-refractivity contribution is 6.37. The molecule has 1 aliphatic rings. The largest absolute Gasteiger partial charge is 0.496 e. The van der Waals surface area contributed by atoms with E-state index in [1.807, 2.05) is 0 Å². The number of carbonyl (C=O) groups is 1. The molecule has 0 bridgehead atoms. The number of cyclic esters (lactones) is 1. The minimum absolute atomic E-state index is 0.0852. The Morgan fingerprint density at radius 2 is 1.83 bits per heavy atom. The van der Waals surface area contributed by atoms with Crippen LogP contribution in [0.5, 0.6) is 5.75 Å². The van der Waals surface area contributed by atoms with E-state index in [0.717, 1.165) is 0 Å². The van der Waals surface area contributed by atoms with E-state index >= 15 is 0 Å². The van der Waals surface area contributed by atoms with Crippen molar-refractivity contribution in [3.05, 3.63) is 68.3 Å². The summed E-state index contributed by atoms with van der Waals surface area (Å²) in [5.41, 5.74) is 1.06. The third kappa shape index (κ3) is 3.26. The summed E-state index contributed by atoms with van der Waals surface area (Å²) in [4.78, 5) is 16.3. The lowest BCUT2D eigenvalue weighted by Gasteiger charge is -2.07. The smallest absolute Gasteiger partial charge is 0.363 e. The number of nitrogens with zero attached hydrogens (tertiary/aromatic N) is 1. The quantitative estimate of drug-likeness (QED) is 0.554. The first kappa shape index (κ1) is 16.8. The highest BCUT2D eigenvalue weighted by Gasteiger charge is 2.27. The van der Waals surface area contributed by atoms with E-state index in [2.05, 4.69) is 4.99 Å². The zero-order valence-corrected chi connectivity index (χ0v) is 14.6. The van der Waals surface area contributed by atoms with Gasteiger partial charge in [-0.3, -0.25) is 0 Å². The van der Waals surface area contributed by atoms with Gasteiger partial charge >= 0.3 is 5.97 Å². The van der Waals surface area contributed by atoms with E-state index in [4.69, 9.17) is 44.3 Å². The van der Waals surface area contributed by atoms with Gasteiger partial charge in [-0.1, -0.05) is 40.9 Å². The molecular formula is C17H10Cl3NO3. The predicted molar refractivity (Wildman–Crippen MR) is 95.1 cm³/mol. The maximum absolute atomic E-state index is 12.1. The van der Waals surface area contributed by atoms with Crippen molar-refractivity contribution in [2.75, 3.05) is 7.11 Å². The Balaban J connectivity index is 2.06. The van der Waals surface area contributed by atoms with E-state index in [1.165, 1.54) is 13.2 Å². The zero-order valence-electron chi connectivity index (χ0n) is 12.3. The summed E-state index contributed by atoms with van der Waals surface area (Å²) < 4.78 is 10.5. The van der Waals surface area contributed by atoms with Gasteiger partial charge in [-0.15, -0.1) is 0 Å². The van der Waals surface area contributed by atoms with Crippen molar-refractivity contribution in [1.29, 1.82) is 0 Å². The van der Waals surface area contributed by atoms with Gasteiger partial charge in [0.2, 0.25) is 5.90 Å². The van der Waals surface area contributed by atoms with E-state index in [0.29, 0.717) is 31.9 Å². The first-order valence-corrected chi connectivity index (χ1v) is 7.93. The van der Waals surface area contributed by atoms with Gasteiger partial charge in [-0.25, -0.2) is 9.79 Å². The number of hydrogen-bond donors (Lipinski definition) is 0. The minimum Gasteiger partial charge on any atom is -0.496 e. The highest BCUT2D eigenvalue weighted by atomic mass is 35.5. The summed E-state index contributed by atoms with van der Waals surface area (Å²) in [5, 5.41) is 1.29. The standard InChI is InChI=1S/C17H10Cl3NO3/c1-23-15-6-5-9(18)7-11(15)16-21-14(17(22)24-16)8-10-12(19)3-2-4-13(10)20/h2-8H,1H3/b14-8-. The van der Waals surface area contributed by atoms with Crippen LogP contribution in [-0.2, 0) is 9.53 Å². The minimum atomic E-state index is -0.608. The molecular weight excluding hydrogens is 373 g/mol. The first-order chi connectivity index (χ1) is 11.5. The Morgan fingerprint density at radius 3 is 2.50 bits per heavy atom. The van der Waals surface area contributed by atoms with Crippen molar-refractivity contribution in [2.45, 2.75) is 0 Å².